The van der Waals surface area contributed by atoms with E-state index in [1.165, 1.54) is 37.3 Å². The van der Waals surface area contributed by atoms with Gasteiger partial charge in [-0.2, -0.15) is 0 Å². The van der Waals surface area contributed by atoms with Crippen molar-refractivity contribution in [2.24, 2.45) is 0 Å². The Morgan fingerprint density at radius 1 is 1.27 bits per heavy atom. The number of methoxy groups -OCH3 is 1. The maximum Gasteiger partial charge on any atom is 0.263 e. The summed E-state index contributed by atoms with van der Waals surface area (Å²) in [6.45, 7) is 5.94. The van der Waals surface area contributed by atoms with Crippen LogP contribution in [0.1, 0.15) is 38.8 Å². The van der Waals surface area contributed by atoms with Crippen molar-refractivity contribution in [1.29, 1.82) is 0 Å². The Morgan fingerprint density at radius 3 is 2.81 bits per heavy atom. The van der Waals surface area contributed by atoms with E-state index in [4.69, 9.17) is 4.74 Å². The number of carbonyl (C=O) groups is 1. The fraction of sp³-hybridized carbons (Fsp3) is 0.500. The van der Waals surface area contributed by atoms with Gasteiger partial charge in [-0.3, -0.25) is 4.79 Å². The number of ether oxygens (including phenoxy) is 1. The van der Waals surface area contributed by atoms with E-state index in [-0.39, 0.29) is 5.91 Å². The van der Waals surface area contributed by atoms with Crippen molar-refractivity contribution in [2.45, 2.75) is 32.6 Å². The van der Waals surface area contributed by atoms with E-state index in [0.717, 1.165) is 46.3 Å². The molecule has 0 spiro atoms. The summed E-state index contributed by atoms with van der Waals surface area (Å²) in [5.74, 6) is 0.835. The van der Waals surface area contributed by atoms with E-state index in [0.29, 0.717) is 6.54 Å². The number of aryl methyl sites for hydroxylation is 1. The first kappa shape index (κ1) is 18.9. The lowest BCUT2D eigenvalue weighted by Crippen LogP contribution is -2.25. The molecule has 1 amide bonds. The van der Waals surface area contributed by atoms with Crippen molar-refractivity contribution < 1.29 is 9.53 Å². The molecule has 6 heteroatoms. The molecule has 3 rings (SSSR count). The number of thiazole rings is 1. The molecule has 2 aromatic rings. The Hall–Kier alpha value is -1.92. The van der Waals surface area contributed by atoms with Crippen LogP contribution in [-0.4, -0.2) is 49.1 Å². The number of aromatic nitrogens is 1. The van der Waals surface area contributed by atoms with Crippen LogP contribution in [0.25, 0.3) is 0 Å². The second-order valence-corrected chi connectivity index (χ2v) is 7.72. The number of likely N-dealkylation sites (tertiary alicyclic amines) is 1. The van der Waals surface area contributed by atoms with Gasteiger partial charge in [-0.1, -0.05) is 18.2 Å². The summed E-state index contributed by atoms with van der Waals surface area (Å²) in [5.41, 5.74) is 1.93. The van der Waals surface area contributed by atoms with Gasteiger partial charge in [0.25, 0.3) is 5.91 Å². The van der Waals surface area contributed by atoms with Gasteiger partial charge < -0.3 is 15.0 Å². The number of nitrogens with one attached hydrogen (secondary N) is 1. The van der Waals surface area contributed by atoms with Crippen molar-refractivity contribution >= 4 is 17.2 Å². The quantitative estimate of drug-likeness (QED) is 0.773. The van der Waals surface area contributed by atoms with E-state index >= 15 is 0 Å². The third-order valence-corrected chi connectivity index (χ3v) is 5.98. The molecule has 5 nitrogen and oxygen atoms in total. The highest BCUT2D eigenvalue weighted by molar-refractivity contribution is 7.13. The maximum atomic E-state index is 12.5. The smallest absolute Gasteiger partial charge is 0.263 e. The van der Waals surface area contributed by atoms with E-state index in [9.17, 15) is 4.79 Å². The molecular weight excluding hydrogens is 346 g/mol. The number of hydrogen-bond acceptors (Lipinski definition) is 5. The van der Waals surface area contributed by atoms with Gasteiger partial charge in [0.1, 0.15) is 10.6 Å². The van der Waals surface area contributed by atoms with Gasteiger partial charge in [0.05, 0.1) is 17.8 Å². The molecule has 1 aromatic heterocycles. The Bertz CT molecular complexity index is 738. The highest BCUT2D eigenvalue weighted by Crippen LogP contribution is 2.20. The van der Waals surface area contributed by atoms with Crippen LogP contribution in [0.3, 0.4) is 0 Å². The predicted molar refractivity (Wildman–Crippen MR) is 105 cm³/mol. The van der Waals surface area contributed by atoms with Crippen LogP contribution >= 0.6 is 11.3 Å². The number of rotatable bonds is 8. The number of nitrogens with zero attached hydrogens (tertiary/aromatic N) is 2. The van der Waals surface area contributed by atoms with Crippen molar-refractivity contribution in [2.75, 3.05) is 33.3 Å². The lowest BCUT2D eigenvalue weighted by atomic mass is 10.1. The molecule has 1 aromatic carbocycles. The fourth-order valence-corrected chi connectivity index (χ4v) is 4.30. The number of amides is 1. The fourth-order valence-electron chi connectivity index (χ4n) is 3.33. The van der Waals surface area contributed by atoms with Gasteiger partial charge >= 0.3 is 0 Å². The van der Waals surface area contributed by atoms with Gasteiger partial charge in [-0.05, 0) is 50.9 Å². The standard InChI is InChI=1S/C20H27N3O2S/c1-15-19(26-18(22-15)10-14-23-12-5-6-13-23)20(24)21-11-9-16-7-3-4-8-17(16)25-2/h3-4,7-8H,5-6,9-14H2,1-2H3,(H,21,24). The minimum atomic E-state index is -0.0256. The summed E-state index contributed by atoms with van der Waals surface area (Å²) in [4.78, 5) is 20.3. The molecule has 0 unspecified atom stereocenters. The normalized spacial score (nSPS) is 14.5. The molecule has 26 heavy (non-hydrogen) atoms. The molecule has 0 bridgehead atoms. The van der Waals surface area contributed by atoms with E-state index in [2.05, 4.69) is 15.2 Å². The molecule has 2 heterocycles. The first-order valence-corrected chi connectivity index (χ1v) is 10.1. The molecule has 0 radical (unpaired) electrons. The van der Waals surface area contributed by atoms with Crippen molar-refractivity contribution in [3.05, 3.63) is 45.4 Å². The van der Waals surface area contributed by atoms with Gasteiger partial charge in [0, 0.05) is 19.5 Å². The van der Waals surface area contributed by atoms with E-state index in [1.54, 1.807) is 7.11 Å². The van der Waals surface area contributed by atoms with Crippen LogP contribution in [-0.2, 0) is 12.8 Å². The van der Waals surface area contributed by atoms with Crippen molar-refractivity contribution in [1.82, 2.24) is 15.2 Å². The zero-order valence-electron chi connectivity index (χ0n) is 15.6. The van der Waals surface area contributed by atoms with Crippen LogP contribution < -0.4 is 10.1 Å². The van der Waals surface area contributed by atoms with E-state index < -0.39 is 0 Å². The van der Waals surface area contributed by atoms with Crippen molar-refractivity contribution in [3.63, 3.8) is 0 Å². The lowest BCUT2D eigenvalue weighted by Gasteiger charge is -2.12. The van der Waals surface area contributed by atoms with Gasteiger partial charge in [0.15, 0.2) is 0 Å². The number of hydrogen-bond donors (Lipinski definition) is 1. The van der Waals surface area contributed by atoms with Crippen LogP contribution in [0.4, 0.5) is 0 Å². The largest absolute Gasteiger partial charge is 0.496 e. The maximum absolute atomic E-state index is 12.5. The summed E-state index contributed by atoms with van der Waals surface area (Å²) in [5, 5.41) is 4.08. The second kappa shape index (κ2) is 9.14. The van der Waals surface area contributed by atoms with Gasteiger partial charge in [0.2, 0.25) is 0 Å². The molecule has 1 saturated heterocycles. The molecule has 0 aliphatic carbocycles. The molecule has 140 valence electrons. The molecular formula is C20H27N3O2S. The first-order valence-electron chi connectivity index (χ1n) is 9.26. The molecule has 1 aliphatic rings. The van der Waals surface area contributed by atoms with E-state index in [1.807, 2.05) is 31.2 Å². The minimum absolute atomic E-state index is 0.0256. The summed E-state index contributed by atoms with van der Waals surface area (Å²) < 4.78 is 5.35. The predicted octanol–water partition coefficient (Wildman–Crippen LogP) is 3.07. The average molecular weight is 374 g/mol. The van der Waals surface area contributed by atoms with Crippen molar-refractivity contribution in [3.8, 4) is 5.75 Å². The highest BCUT2D eigenvalue weighted by atomic mass is 32.1. The molecule has 1 aliphatic heterocycles. The Morgan fingerprint density at radius 2 is 2.04 bits per heavy atom. The third kappa shape index (κ3) is 4.83. The SMILES string of the molecule is COc1ccccc1CCNC(=O)c1sc(CCN2CCCC2)nc1C. The summed E-state index contributed by atoms with van der Waals surface area (Å²) in [7, 11) is 1.67. The summed E-state index contributed by atoms with van der Waals surface area (Å²) in [6.07, 6.45) is 4.28. The molecule has 1 N–H and O–H groups in total. The summed E-state index contributed by atoms with van der Waals surface area (Å²) in [6, 6.07) is 7.90. The Kier molecular flexibility index (Phi) is 6.63. The average Bonchev–Trinajstić information content (AvgIpc) is 3.29. The monoisotopic (exact) mass is 373 g/mol. The van der Waals surface area contributed by atoms with Crippen LogP contribution in [0.5, 0.6) is 5.75 Å². The van der Waals surface area contributed by atoms with Gasteiger partial charge in [-0.15, -0.1) is 11.3 Å². The molecule has 0 saturated carbocycles. The summed E-state index contributed by atoms with van der Waals surface area (Å²) >= 11 is 1.53. The number of para-hydroxylation sites is 1. The molecule has 0 atom stereocenters. The zero-order valence-corrected chi connectivity index (χ0v) is 16.4. The zero-order chi connectivity index (χ0) is 18.4. The number of carbonyl (C=O) groups excluding carboxylic acids is 1. The van der Waals surface area contributed by atoms with Crippen LogP contribution in [0.2, 0.25) is 0 Å². The molecule has 1 fully saturated rings. The topological polar surface area (TPSA) is 54.5 Å². The van der Waals surface area contributed by atoms with Crippen LogP contribution in [0.15, 0.2) is 24.3 Å². The third-order valence-electron chi connectivity index (χ3n) is 4.76. The van der Waals surface area contributed by atoms with Gasteiger partial charge in [-0.25, -0.2) is 4.98 Å². The number of benzene rings is 1. The lowest BCUT2D eigenvalue weighted by molar-refractivity contribution is 0.0957. The minimum Gasteiger partial charge on any atom is -0.496 e. The Balaban J connectivity index is 1.51. The first-order chi connectivity index (χ1) is 12.7. The second-order valence-electron chi connectivity index (χ2n) is 6.64. The Labute approximate surface area is 159 Å². The van der Waals surface area contributed by atoms with Crippen LogP contribution in [0, 0.1) is 6.92 Å². The highest BCUT2D eigenvalue weighted by Gasteiger charge is 2.17.